The average Bonchev–Trinajstić information content (AvgIpc) is 2.77. The van der Waals surface area contributed by atoms with E-state index in [9.17, 15) is 4.79 Å². The van der Waals surface area contributed by atoms with Gasteiger partial charge < -0.3 is 11.5 Å². The molecule has 3 nitrogen and oxygen atoms in total. The summed E-state index contributed by atoms with van der Waals surface area (Å²) in [6.07, 6.45) is 4.24. The first-order chi connectivity index (χ1) is 15.6. The normalized spacial score (nSPS) is 13.1. The molecular weight excluding hydrogens is 392 g/mol. The molecule has 0 aromatic heterocycles. The number of nitrogen functional groups attached to an aromatic ring is 2. The van der Waals surface area contributed by atoms with Crippen LogP contribution in [0.25, 0.3) is 23.3 Å². The standard InChI is InChI=1S/C29H20N2O/c30-23-7-1-17(2-8-23)27-15-21-13-19(5-11-25(21)27)29(32)20-6-12-26-22(14-20)16-28(26)18-3-9-24(31)10-4-18/h1-16H,30-31H2. The Morgan fingerprint density at radius 1 is 0.531 bits per heavy atom. The van der Waals surface area contributed by atoms with Gasteiger partial charge in [-0.1, -0.05) is 48.5 Å². The minimum absolute atomic E-state index is 0.0410. The van der Waals surface area contributed by atoms with Gasteiger partial charge in [0.15, 0.2) is 5.78 Å². The zero-order valence-electron chi connectivity index (χ0n) is 17.3. The van der Waals surface area contributed by atoms with Crippen molar-refractivity contribution in [3.63, 3.8) is 0 Å². The molecule has 6 rings (SSSR count). The van der Waals surface area contributed by atoms with Crippen molar-refractivity contribution in [3.05, 3.63) is 129 Å². The number of carbonyl (C=O) groups excluding carboxylic acids is 1. The molecule has 0 spiro atoms. The van der Waals surface area contributed by atoms with Crippen molar-refractivity contribution in [1.82, 2.24) is 0 Å². The van der Waals surface area contributed by atoms with Gasteiger partial charge in [0.25, 0.3) is 0 Å². The van der Waals surface area contributed by atoms with Gasteiger partial charge in [-0.25, -0.2) is 0 Å². The molecule has 0 fully saturated rings. The summed E-state index contributed by atoms with van der Waals surface area (Å²) in [6.45, 7) is 0. The summed E-state index contributed by atoms with van der Waals surface area (Å²) in [6, 6.07) is 27.6. The molecule has 4 aromatic rings. The summed E-state index contributed by atoms with van der Waals surface area (Å²) in [5.41, 5.74) is 23.7. The second-order valence-electron chi connectivity index (χ2n) is 8.29. The molecule has 2 aliphatic rings. The van der Waals surface area contributed by atoms with Crippen molar-refractivity contribution < 1.29 is 4.79 Å². The van der Waals surface area contributed by atoms with E-state index in [1.165, 1.54) is 22.3 Å². The van der Waals surface area contributed by atoms with Gasteiger partial charge >= 0.3 is 0 Å². The fourth-order valence-electron chi connectivity index (χ4n) is 4.42. The van der Waals surface area contributed by atoms with Crippen LogP contribution in [0.5, 0.6) is 0 Å². The summed E-state index contributed by atoms with van der Waals surface area (Å²) in [5.74, 6) is 0.0410. The van der Waals surface area contributed by atoms with Gasteiger partial charge in [0.05, 0.1) is 0 Å². The number of hydrogen-bond donors (Lipinski definition) is 2. The van der Waals surface area contributed by atoms with Crippen LogP contribution in [0.4, 0.5) is 11.4 Å². The Labute approximate surface area is 186 Å². The van der Waals surface area contributed by atoms with E-state index in [0.717, 1.165) is 33.6 Å². The van der Waals surface area contributed by atoms with Gasteiger partial charge in [-0.3, -0.25) is 4.79 Å². The van der Waals surface area contributed by atoms with Crippen LogP contribution < -0.4 is 11.5 Å². The van der Waals surface area contributed by atoms with Crippen LogP contribution in [0.15, 0.2) is 84.9 Å². The molecule has 32 heavy (non-hydrogen) atoms. The van der Waals surface area contributed by atoms with E-state index >= 15 is 0 Å². The van der Waals surface area contributed by atoms with E-state index in [2.05, 4.69) is 12.2 Å². The Morgan fingerprint density at radius 3 is 1.31 bits per heavy atom. The van der Waals surface area contributed by atoms with Gasteiger partial charge in [-0.2, -0.15) is 0 Å². The molecule has 4 N–H and O–H groups in total. The lowest BCUT2D eigenvalue weighted by Gasteiger charge is -2.22. The number of rotatable bonds is 4. The third kappa shape index (κ3) is 2.87. The highest BCUT2D eigenvalue weighted by Gasteiger charge is 2.22. The third-order valence-corrected chi connectivity index (χ3v) is 6.25. The first-order valence-electron chi connectivity index (χ1n) is 10.6. The topological polar surface area (TPSA) is 69.1 Å². The minimum atomic E-state index is 0.0410. The van der Waals surface area contributed by atoms with Crippen LogP contribution in [0.3, 0.4) is 0 Å². The Kier molecular flexibility index (Phi) is 3.92. The highest BCUT2D eigenvalue weighted by atomic mass is 16.1. The van der Waals surface area contributed by atoms with Crippen LogP contribution in [0, 0.1) is 0 Å². The maximum Gasteiger partial charge on any atom is 0.193 e. The lowest BCUT2D eigenvalue weighted by molar-refractivity contribution is 0.103. The molecule has 2 aliphatic carbocycles. The molecule has 0 heterocycles. The number of fused-ring (bicyclic) bond motifs is 2. The monoisotopic (exact) mass is 412 g/mol. The second kappa shape index (κ2) is 6.82. The number of benzene rings is 4. The third-order valence-electron chi connectivity index (χ3n) is 6.25. The van der Waals surface area contributed by atoms with Crippen LogP contribution in [0.2, 0.25) is 0 Å². The number of nitrogens with two attached hydrogens (primary N) is 2. The highest BCUT2D eigenvalue weighted by molar-refractivity contribution is 6.13. The SMILES string of the molecule is Nc1ccc(C2=Cc3cc(C(=O)c4ccc5c(c4)C=C5c4ccc(N)cc4)ccc32)cc1. The van der Waals surface area contributed by atoms with Crippen molar-refractivity contribution in [1.29, 1.82) is 0 Å². The van der Waals surface area contributed by atoms with E-state index in [1.54, 1.807) is 0 Å². The average molecular weight is 412 g/mol. The summed E-state index contributed by atoms with van der Waals surface area (Å²) in [5, 5.41) is 0. The van der Waals surface area contributed by atoms with Crippen molar-refractivity contribution in [2.24, 2.45) is 0 Å². The number of carbonyl (C=O) groups is 1. The van der Waals surface area contributed by atoms with E-state index < -0.39 is 0 Å². The van der Waals surface area contributed by atoms with E-state index in [1.807, 2.05) is 84.9 Å². The Balaban J connectivity index is 1.24. The van der Waals surface area contributed by atoms with Gasteiger partial charge in [0.1, 0.15) is 0 Å². The van der Waals surface area contributed by atoms with Crippen molar-refractivity contribution in [2.75, 3.05) is 11.5 Å². The Morgan fingerprint density at radius 2 is 0.938 bits per heavy atom. The lowest BCUT2D eigenvalue weighted by atomic mass is 9.81. The molecule has 4 aromatic carbocycles. The maximum atomic E-state index is 13.1. The first-order valence-corrected chi connectivity index (χ1v) is 10.6. The number of ketones is 1. The molecule has 0 saturated carbocycles. The predicted molar refractivity (Wildman–Crippen MR) is 132 cm³/mol. The van der Waals surface area contributed by atoms with Crippen LogP contribution >= 0.6 is 0 Å². The molecule has 0 unspecified atom stereocenters. The van der Waals surface area contributed by atoms with Gasteiger partial charge in [0.2, 0.25) is 0 Å². The highest BCUT2D eigenvalue weighted by Crippen LogP contribution is 2.40. The quantitative estimate of drug-likeness (QED) is 0.280. The molecule has 0 amide bonds. The number of hydrogen-bond acceptors (Lipinski definition) is 3. The predicted octanol–water partition coefficient (Wildman–Crippen LogP) is 5.89. The fraction of sp³-hybridized carbons (Fsp3) is 0. The van der Waals surface area contributed by atoms with Crippen LogP contribution in [-0.4, -0.2) is 5.78 Å². The van der Waals surface area contributed by atoms with Crippen molar-refractivity contribution in [2.45, 2.75) is 0 Å². The summed E-state index contributed by atoms with van der Waals surface area (Å²) >= 11 is 0. The van der Waals surface area contributed by atoms with Crippen LogP contribution in [-0.2, 0) is 0 Å². The zero-order chi connectivity index (χ0) is 21.8. The van der Waals surface area contributed by atoms with E-state index in [-0.39, 0.29) is 5.78 Å². The molecule has 0 radical (unpaired) electrons. The molecule has 3 heteroatoms. The van der Waals surface area contributed by atoms with Crippen molar-refractivity contribution >= 4 is 40.5 Å². The van der Waals surface area contributed by atoms with Gasteiger partial charge in [-0.05, 0) is 93.1 Å². The second-order valence-corrected chi connectivity index (χ2v) is 8.29. The molecule has 0 bridgehead atoms. The summed E-state index contributed by atoms with van der Waals surface area (Å²) < 4.78 is 0. The van der Waals surface area contributed by atoms with E-state index in [0.29, 0.717) is 11.1 Å². The van der Waals surface area contributed by atoms with Gasteiger partial charge in [0, 0.05) is 22.5 Å². The van der Waals surface area contributed by atoms with Crippen molar-refractivity contribution in [3.8, 4) is 0 Å². The minimum Gasteiger partial charge on any atom is -0.399 e. The molecule has 0 aliphatic heterocycles. The summed E-state index contributed by atoms with van der Waals surface area (Å²) in [4.78, 5) is 13.1. The maximum absolute atomic E-state index is 13.1. The lowest BCUT2D eigenvalue weighted by Crippen LogP contribution is -2.08. The van der Waals surface area contributed by atoms with E-state index in [4.69, 9.17) is 11.5 Å². The fourth-order valence-corrected chi connectivity index (χ4v) is 4.42. The molecule has 0 atom stereocenters. The molecule has 152 valence electrons. The first kappa shape index (κ1) is 18.4. The number of anilines is 2. The molecular formula is C29H20N2O. The zero-order valence-corrected chi connectivity index (χ0v) is 17.3. The molecule has 0 saturated heterocycles. The Hall–Kier alpha value is -4.37. The summed E-state index contributed by atoms with van der Waals surface area (Å²) in [7, 11) is 0. The van der Waals surface area contributed by atoms with Gasteiger partial charge in [-0.15, -0.1) is 0 Å². The van der Waals surface area contributed by atoms with Crippen LogP contribution in [0.1, 0.15) is 49.3 Å². The Bertz CT molecular complexity index is 1360. The largest absolute Gasteiger partial charge is 0.399 e. The smallest absolute Gasteiger partial charge is 0.193 e.